The summed E-state index contributed by atoms with van der Waals surface area (Å²) < 4.78 is 0. The average molecular weight is 204 g/mol. The molecule has 2 N–H and O–H groups in total. The molecule has 0 bridgehead atoms. The van der Waals surface area contributed by atoms with Gasteiger partial charge in [0.2, 0.25) is 0 Å². The number of H-pyrrole nitrogens is 1. The molecule has 1 aliphatic rings. The molecule has 0 saturated carbocycles. The number of hydrogen-bond donors (Lipinski definition) is 2. The van der Waals surface area contributed by atoms with Crippen molar-refractivity contribution < 1.29 is 5.11 Å². The summed E-state index contributed by atoms with van der Waals surface area (Å²) in [7, 11) is 0. The van der Waals surface area contributed by atoms with Gasteiger partial charge in [0.15, 0.2) is 5.82 Å². The molecule has 1 aliphatic heterocycles. The Hall–Kier alpha value is -1.62. The number of fused-ring (bicyclic) bond motifs is 1. The van der Waals surface area contributed by atoms with Crippen LogP contribution in [0.1, 0.15) is 6.42 Å². The number of nitrogens with zero attached hydrogens (tertiary/aromatic N) is 3. The van der Waals surface area contributed by atoms with Crippen molar-refractivity contribution >= 4 is 16.9 Å². The lowest BCUT2D eigenvalue weighted by atomic mass is 10.3. The van der Waals surface area contributed by atoms with Crippen LogP contribution in [0, 0.1) is 0 Å². The first kappa shape index (κ1) is 8.67. The van der Waals surface area contributed by atoms with Gasteiger partial charge in [0.25, 0.3) is 0 Å². The third kappa shape index (κ3) is 1.35. The second-order valence-electron chi connectivity index (χ2n) is 3.82. The Balaban J connectivity index is 2.06. The quantitative estimate of drug-likeness (QED) is 0.711. The van der Waals surface area contributed by atoms with Crippen molar-refractivity contribution in [3.63, 3.8) is 0 Å². The molecule has 1 atom stereocenters. The number of anilines is 1. The lowest BCUT2D eigenvalue weighted by molar-refractivity contribution is 0.198. The van der Waals surface area contributed by atoms with Gasteiger partial charge in [0.1, 0.15) is 5.52 Å². The molecule has 0 radical (unpaired) electrons. The number of imidazole rings is 1. The van der Waals surface area contributed by atoms with E-state index in [9.17, 15) is 5.11 Å². The predicted octanol–water partition coefficient (Wildman–Crippen LogP) is 0.529. The Morgan fingerprint density at radius 2 is 2.40 bits per heavy atom. The van der Waals surface area contributed by atoms with Crippen molar-refractivity contribution in [2.45, 2.75) is 12.5 Å². The van der Waals surface area contributed by atoms with Crippen LogP contribution in [0.15, 0.2) is 18.6 Å². The molecule has 5 nitrogen and oxygen atoms in total. The molecule has 1 fully saturated rings. The van der Waals surface area contributed by atoms with E-state index in [0.29, 0.717) is 6.54 Å². The van der Waals surface area contributed by atoms with Gasteiger partial charge >= 0.3 is 0 Å². The molecule has 2 aromatic rings. The molecular weight excluding hydrogens is 192 g/mol. The van der Waals surface area contributed by atoms with Crippen LogP contribution in [-0.2, 0) is 0 Å². The minimum absolute atomic E-state index is 0.235. The van der Waals surface area contributed by atoms with Crippen LogP contribution in [0.4, 0.5) is 5.82 Å². The Bertz CT molecular complexity index is 481. The van der Waals surface area contributed by atoms with E-state index in [1.54, 1.807) is 12.5 Å². The zero-order valence-corrected chi connectivity index (χ0v) is 8.22. The molecule has 78 valence electrons. The third-order valence-corrected chi connectivity index (χ3v) is 2.78. The summed E-state index contributed by atoms with van der Waals surface area (Å²) in [5.74, 6) is 0.866. The first-order valence-corrected chi connectivity index (χ1v) is 5.06. The molecule has 0 amide bonds. The van der Waals surface area contributed by atoms with E-state index < -0.39 is 0 Å². The molecule has 5 heteroatoms. The van der Waals surface area contributed by atoms with Crippen LogP contribution in [0.2, 0.25) is 0 Å². The Kier molecular flexibility index (Phi) is 1.85. The maximum atomic E-state index is 9.49. The van der Waals surface area contributed by atoms with Crippen molar-refractivity contribution in [3.05, 3.63) is 18.6 Å². The van der Waals surface area contributed by atoms with E-state index in [0.717, 1.165) is 29.8 Å². The predicted molar refractivity (Wildman–Crippen MR) is 56.7 cm³/mol. The molecule has 3 heterocycles. The summed E-state index contributed by atoms with van der Waals surface area (Å²) in [6.07, 6.45) is 4.01. The van der Waals surface area contributed by atoms with Crippen LogP contribution in [0.5, 0.6) is 0 Å². The largest absolute Gasteiger partial charge is 0.391 e. The van der Waals surface area contributed by atoms with Gasteiger partial charge in [-0.1, -0.05) is 0 Å². The lowest BCUT2D eigenvalue weighted by Gasteiger charge is -2.16. The SMILES string of the molecule is O[C@@H]1CCN(c2nccc3[nH]cnc23)C1. The summed E-state index contributed by atoms with van der Waals surface area (Å²) in [5, 5.41) is 9.49. The molecule has 2 aromatic heterocycles. The number of aliphatic hydroxyl groups is 1. The summed E-state index contributed by atoms with van der Waals surface area (Å²) in [6, 6.07) is 1.90. The van der Waals surface area contributed by atoms with Crippen LogP contribution in [0.25, 0.3) is 11.0 Å². The number of aromatic nitrogens is 3. The van der Waals surface area contributed by atoms with E-state index in [-0.39, 0.29) is 6.10 Å². The summed E-state index contributed by atoms with van der Waals surface area (Å²) >= 11 is 0. The molecule has 15 heavy (non-hydrogen) atoms. The normalized spacial score (nSPS) is 21.4. The second-order valence-corrected chi connectivity index (χ2v) is 3.82. The van der Waals surface area contributed by atoms with Gasteiger partial charge in [-0.2, -0.15) is 0 Å². The van der Waals surface area contributed by atoms with E-state index in [4.69, 9.17) is 0 Å². The molecule has 0 aliphatic carbocycles. The van der Waals surface area contributed by atoms with Gasteiger partial charge in [-0.3, -0.25) is 0 Å². The number of hydrogen-bond acceptors (Lipinski definition) is 4. The van der Waals surface area contributed by atoms with E-state index in [1.807, 2.05) is 6.07 Å². The smallest absolute Gasteiger partial charge is 0.156 e. The van der Waals surface area contributed by atoms with Gasteiger partial charge in [-0.05, 0) is 12.5 Å². The van der Waals surface area contributed by atoms with Gasteiger partial charge < -0.3 is 15.0 Å². The maximum Gasteiger partial charge on any atom is 0.156 e. The standard InChI is InChI=1S/C10H12N4O/c15-7-2-4-14(5-7)10-9-8(1-3-11-10)12-6-13-9/h1,3,6-7,15H,2,4-5H2,(H,12,13)/t7-/m1/s1. The first-order valence-electron chi connectivity index (χ1n) is 5.06. The molecule has 0 aromatic carbocycles. The Morgan fingerprint density at radius 3 is 3.20 bits per heavy atom. The summed E-state index contributed by atoms with van der Waals surface area (Å²) in [4.78, 5) is 13.7. The third-order valence-electron chi connectivity index (χ3n) is 2.78. The minimum atomic E-state index is -0.235. The average Bonchev–Trinajstić information content (AvgIpc) is 2.84. The van der Waals surface area contributed by atoms with Crippen LogP contribution in [-0.4, -0.2) is 39.3 Å². The highest BCUT2D eigenvalue weighted by Gasteiger charge is 2.23. The summed E-state index contributed by atoms with van der Waals surface area (Å²) in [6.45, 7) is 1.50. The zero-order valence-electron chi connectivity index (χ0n) is 8.22. The minimum Gasteiger partial charge on any atom is -0.391 e. The van der Waals surface area contributed by atoms with Crippen molar-refractivity contribution in [3.8, 4) is 0 Å². The van der Waals surface area contributed by atoms with Gasteiger partial charge in [0.05, 0.1) is 17.9 Å². The molecule has 0 unspecified atom stereocenters. The fourth-order valence-electron chi connectivity index (χ4n) is 2.02. The van der Waals surface area contributed by atoms with E-state index in [1.165, 1.54) is 0 Å². The van der Waals surface area contributed by atoms with Crippen molar-refractivity contribution in [2.24, 2.45) is 0 Å². The molecule has 1 saturated heterocycles. The van der Waals surface area contributed by atoms with Crippen molar-refractivity contribution in [1.82, 2.24) is 15.0 Å². The van der Waals surface area contributed by atoms with E-state index in [2.05, 4.69) is 19.9 Å². The van der Waals surface area contributed by atoms with Crippen molar-refractivity contribution in [2.75, 3.05) is 18.0 Å². The number of nitrogens with one attached hydrogen (secondary N) is 1. The van der Waals surface area contributed by atoms with E-state index >= 15 is 0 Å². The second kappa shape index (κ2) is 3.20. The van der Waals surface area contributed by atoms with Gasteiger partial charge in [-0.25, -0.2) is 9.97 Å². The van der Waals surface area contributed by atoms with Gasteiger partial charge in [-0.15, -0.1) is 0 Å². The molecule has 3 rings (SSSR count). The highest BCUT2D eigenvalue weighted by atomic mass is 16.3. The fraction of sp³-hybridized carbons (Fsp3) is 0.400. The van der Waals surface area contributed by atoms with Crippen molar-refractivity contribution in [1.29, 1.82) is 0 Å². The number of pyridine rings is 1. The topological polar surface area (TPSA) is 65.0 Å². The van der Waals surface area contributed by atoms with Crippen LogP contribution in [0.3, 0.4) is 0 Å². The van der Waals surface area contributed by atoms with Crippen LogP contribution >= 0.6 is 0 Å². The fourth-order valence-corrected chi connectivity index (χ4v) is 2.02. The number of rotatable bonds is 1. The van der Waals surface area contributed by atoms with Gasteiger partial charge in [0, 0.05) is 19.3 Å². The number of aromatic amines is 1. The monoisotopic (exact) mass is 204 g/mol. The van der Waals surface area contributed by atoms with Crippen LogP contribution < -0.4 is 4.90 Å². The Morgan fingerprint density at radius 1 is 1.47 bits per heavy atom. The molecule has 0 spiro atoms. The first-order chi connectivity index (χ1) is 7.34. The number of β-amino-alcohol motifs (C(OH)–C–C–N with tert-alkyl or cyclic N) is 1. The zero-order chi connectivity index (χ0) is 10.3. The highest BCUT2D eigenvalue weighted by molar-refractivity contribution is 5.85. The Labute approximate surface area is 86.8 Å². The lowest BCUT2D eigenvalue weighted by Crippen LogP contribution is -2.22. The highest BCUT2D eigenvalue weighted by Crippen LogP contribution is 2.24. The summed E-state index contributed by atoms with van der Waals surface area (Å²) in [5.41, 5.74) is 1.87. The molecular formula is C10H12N4O. The number of aliphatic hydroxyl groups excluding tert-OH is 1. The maximum absolute atomic E-state index is 9.49.